The molecule has 0 aliphatic carbocycles. The third kappa shape index (κ3) is 4.91. The molecule has 1 saturated heterocycles. The fraction of sp³-hybridized carbons (Fsp3) is 0.647. The number of amides is 1. The molecule has 2 rings (SSSR count). The largest absolute Gasteiger partial charge is 0.444 e. The summed E-state index contributed by atoms with van der Waals surface area (Å²) >= 11 is 0. The van der Waals surface area contributed by atoms with Crippen LogP contribution in [0.2, 0.25) is 0 Å². The average molecular weight is 321 g/mol. The molecule has 6 nitrogen and oxygen atoms in total. The summed E-state index contributed by atoms with van der Waals surface area (Å²) in [5.74, 6) is 0. The maximum atomic E-state index is 12.2. The number of rotatable bonds is 4. The third-order valence-corrected chi connectivity index (χ3v) is 3.89. The molecule has 2 heterocycles. The Morgan fingerprint density at radius 3 is 2.57 bits per heavy atom. The van der Waals surface area contributed by atoms with E-state index < -0.39 is 5.60 Å². The van der Waals surface area contributed by atoms with Gasteiger partial charge in [0.25, 0.3) is 0 Å². The quantitative estimate of drug-likeness (QED) is 0.922. The van der Waals surface area contributed by atoms with Gasteiger partial charge < -0.3 is 19.7 Å². The minimum Gasteiger partial charge on any atom is -0.444 e. The predicted molar refractivity (Wildman–Crippen MR) is 88.2 cm³/mol. The SMILES string of the molecule is CO[C@H]1CN(C(=O)OC(C)(C)C)CC1NC(C)c1ccncc1. The van der Waals surface area contributed by atoms with Crippen LogP contribution in [0, 0.1) is 0 Å². The van der Waals surface area contributed by atoms with Crippen molar-refractivity contribution in [2.45, 2.75) is 51.5 Å². The van der Waals surface area contributed by atoms with E-state index in [4.69, 9.17) is 9.47 Å². The van der Waals surface area contributed by atoms with Crippen LogP contribution < -0.4 is 5.32 Å². The number of nitrogens with one attached hydrogen (secondary N) is 1. The fourth-order valence-electron chi connectivity index (χ4n) is 2.72. The van der Waals surface area contributed by atoms with E-state index in [2.05, 4.69) is 17.2 Å². The number of ether oxygens (including phenoxy) is 2. The van der Waals surface area contributed by atoms with Gasteiger partial charge >= 0.3 is 6.09 Å². The number of nitrogens with zero attached hydrogens (tertiary/aromatic N) is 2. The molecule has 128 valence electrons. The molecule has 0 bridgehead atoms. The molecule has 1 N–H and O–H groups in total. The van der Waals surface area contributed by atoms with Gasteiger partial charge in [-0.05, 0) is 45.4 Å². The van der Waals surface area contributed by atoms with Crippen molar-refractivity contribution in [2.75, 3.05) is 20.2 Å². The minimum atomic E-state index is -0.491. The normalized spacial score (nSPS) is 22.9. The summed E-state index contributed by atoms with van der Waals surface area (Å²) in [6, 6.07) is 4.19. The Morgan fingerprint density at radius 2 is 2.00 bits per heavy atom. The van der Waals surface area contributed by atoms with Crippen LogP contribution in [0.5, 0.6) is 0 Å². The number of pyridine rings is 1. The lowest BCUT2D eigenvalue weighted by Crippen LogP contribution is -2.41. The zero-order valence-corrected chi connectivity index (χ0v) is 14.6. The molecule has 1 fully saturated rings. The molecule has 1 aliphatic heterocycles. The Hall–Kier alpha value is -1.66. The molecule has 0 spiro atoms. The maximum absolute atomic E-state index is 12.2. The predicted octanol–water partition coefficient (Wildman–Crippen LogP) is 2.37. The van der Waals surface area contributed by atoms with Gasteiger partial charge in [-0.1, -0.05) is 0 Å². The lowest BCUT2D eigenvalue weighted by Gasteiger charge is -2.25. The number of carbonyl (C=O) groups is 1. The lowest BCUT2D eigenvalue weighted by atomic mass is 10.1. The Kier molecular flexibility index (Phi) is 5.59. The van der Waals surface area contributed by atoms with Gasteiger partial charge in [0.15, 0.2) is 0 Å². The molecule has 1 amide bonds. The summed E-state index contributed by atoms with van der Waals surface area (Å²) < 4.78 is 11.0. The Labute approximate surface area is 138 Å². The van der Waals surface area contributed by atoms with Crippen molar-refractivity contribution < 1.29 is 14.3 Å². The molecule has 2 unspecified atom stereocenters. The van der Waals surface area contributed by atoms with Crippen LogP contribution in [0.3, 0.4) is 0 Å². The number of methoxy groups -OCH3 is 1. The second kappa shape index (κ2) is 7.27. The van der Waals surface area contributed by atoms with Crippen molar-refractivity contribution in [2.24, 2.45) is 0 Å². The topological polar surface area (TPSA) is 63.7 Å². The van der Waals surface area contributed by atoms with Crippen molar-refractivity contribution in [3.8, 4) is 0 Å². The standard InChI is InChI=1S/C17H27N3O3/c1-12(13-6-8-18-9-7-13)19-14-10-20(11-15(14)22-5)16(21)23-17(2,3)4/h6-9,12,14-15,19H,10-11H2,1-5H3/t12?,14?,15-/m0/s1. The van der Waals surface area contributed by atoms with Crippen molar-refractivity contribution in [3.05, 3.63) is 30.1 Å². The Balaban J connectivity index is 1.98. The number of aromatic nitrogens is 1. The first-order chi connectivity index (χ1) is 10.8. The highest BCUT2D eigenvalue weighted by Crippen LogP contribution is 2.20. The molecule has 1 aromatic heterocycles. The van der Waals surface area contributed by atoms with E-state index in [9.17, 15) is 4.79 Å². The van der Waals surface area contributed by atoms with E-state index in [1.165, 1.54) is 0 Å². The molecule has 6 heteroatoms. The first-order valence-corrected chi connectivity index (χ1v) is 7.97. The molecule has 0 radical (unpaired) electrons. The summed E-state index contributed by atoms with van der Waals surface area (Å²) in [5, 5.41) is 3.54. The highest BCUT2D eigenvalue weighted by Gasteiger charge is 2.37. The maximum Gasteiger partial charge on any atom is 0.410 e. The zero-order valence-electron chi connectivity index (χ0n) is 14.6. The smallest absolute Gasteiger partial charge is 0.410 e. The van der Waals surface area contributed by atoms with Gasteiger partial charge in [0.05, 0.1) is 18.7 Å². The molecular formula is C17H27N3O3. The van der Waals surface area contributed by atoms with E-state index in [0.29, 0.717) is 13.1 Å². The van der Waals surface area contributed by atoms with Gasteiger partial charge in [-0.3, -0.25) is 4.98 Å². The summed E-state index contributed by atoms with van der Waals surface area (Å²) in [4.78, 5) is 18.0. The second-order valence-electron chi connectivity index (χ2n) is 6.93. The zero-order chi connectivity index (χ0) is 17.0. The monoisotopic (exact) mass is 321 g/mol. The molecule has 0 aromatic carbocycles. The average Bonchev–Trinajstić information content (AvgIpc) is 2.89. The first kappa shape index (κ1) is 17.7. The van der Waals surface area contributed by atoms with Crippen LogP contribution in [-0.4, -0.2) is 53.9 Å². The van der Waals surface area contributed by atoms with Crippen LogP contribution in [0.1, 0.15) is 39.3 Å². The van der Waals surface area contributed by atoms with Gasteiger partial charge in [-0.25, -0.2) is 4.79 Å². The third-order valence-electron chi connectivity index (χ3n) is 3.89. The minimum absolute atomic E-state index is 0.0493. The first-order valence-electron chi connectivity index (χ1n) is 7.97. The van der Waals surface area contributed by atoms with E-state index in [0.717, 1.165) is 5.56 Å². The fourth-order valence-corrected chi connectivity index (χ4v) is 2.72. The number of likely N-dealkylation sites (tertiary alicyclic amines) is 1. The van der Waals surface area contributed by atoms with Gasteiger partial charge in [-0.15, -0.1) is 0 Å². The highest BCUT2D eigenvalue weighted by molar-refractivity contribution is 5.68. The van der Waals surface area contributed by atoms with Gasteiger partial charge in [0.2, 0.25) is 0 Å². The van der Waals surface area contributed by atoms with Gasteiger partial charge in [0.1, 0.15) is 5.60 Å². The van der Waals surface area contributed by atoms with Crippen molar-refractivity contribution in [3.63, 3.8) is 0 Å². The van der Waals surface area contributed by atoms with Crippen molar-refractivity contribution >= 4 is 6.09 Å². The van der Waals surface area contributed by atoms with Crippen LogP contribution in [-0.2, 0) is 9.47 Å². The van der Waals surface area contributed by atoms with E-state index >= 15 is 0 Å². The van der Waals surface area contributed by atoms with Crippen LogP contribution in [0.25, 0.3) is 0 Å². The molecule has 23 heavy (non-hydrogen) atoms. The van der Waals surface area contributed by atoms with Gasteiger partial charge in [0, 0.05) is 32.1 Å². The molecule has 1 aliphatic rings. The van der Waals surface area contributed by atoms with E-state index in [1.54, 1.807) is 24.4 Å². The van der Waals surface area contributed by atoms with Gasteiger partial charge in [-0.2, -0.15) is 0 Å². The van der Waals surface area contributed by atoms with E-state index in [-0.39, 0.29) is 24.3 Å². The van der Waals surface area contributed by atoms with Crippen molar-refractivity contribution in [1.29, 1.82) is 0 Å². The lowest BCUT2D eigenvalue weighted by molar-refractivity contribution is 0.0252. The summed E-state index contributed by atoms with van der Waals surface area (Å²) in [7, 11) is 1.68. The van der Waals surface area contributed by atoms with Crippen molar-refractivity contribution in [1.82, 2.24) is 15.2 Å². The molecule has 1 aromatic rings. The summed E-state index contributed by atoms with van der Waals surface area (Å²) in [6.45, 7) is 8.81. The second-order valence-corrected chi connectivity index (χ2v) is 6.93. The summed E-state index contributed by atoms with van der Waals surface area (Å²) in [5.41, 5.74) is 0.667. The van der Waals surface area contributed by atoms with Crippen LogP contribution in [0.15, 0.2) is 24.5 Å². The van der Waals surface area contributed by atoms with Crippen LogP contribution in [0.4, 0.5) is 4.79 Å². The summed E-state index contributed by atoms with van der Waals surface area (Å²) in [6.07, 6.45) is 3.22. The molecule has 3 atom stereocenters. The molecule has 0 saturated carbocycles. The Bertz CT molecular complexity index is 516. The Morgan fingerprint density at radius 1 is 1.35 bits per heavy atom. The number of carbonyl (C=O) groups excluding carboxylic acids is 1. The molecular weight excluding hydrogens is 294 g/mol. The number of hydrogen-bond acceptors (Lipinski definition) is 5. The highest BCUT2D eigenvalue weighted by atomic mass is 16.6. The van der Waals surface area contributed by atoms with E-state index in [1.807, 2.05) is 32.9 Å². The number of hydrogen-bond donors (Lipinski definition) is 1. The van der Waals surface area contributed by atoms with Crippen LogP contribution >= 0.6 is 0 Å².